The van der Waals surface area contributed by atoms with E-state index < -0.39 is 11.2 Å². The van der Waals surface area contributed by atoms with Gasteiger partial charge in [-0.3, -0.25) is 4.79 Å². The highest BCUT2D eigenvalue weighted by Crippen LogP contribution is 2.21. The number of thioether (sulfide) groups is 1. The Bertz CT molecular complexity index is 159. The Morgan fingerprint density at radius 3 is 2.31 bits per heavy atom. The molecule has 0 aliphatic heterocycles. The molecule has 3 nitrogen and oxygen atoms in total. The Morgan fingerprint density at radius 2 is 2.00 bits per heavy atom. The van der Waals surface area contributed by atoms with Crippen LogP contribution in [0.3, 0.4) is 0 Å². The zero-order chi connectivity index (χ0) is 10.4. The van der Waals surface area contributed by atoms with Crippen LogP contribution in [0.2, 0.25) is 0 Å². The molecular formula is C9H18O3S. The number of carboxylic acids is 1. The lowest BCUT2D eigenvalue weighted by molar-refractivity contribution is -0.137. The molecule has 0 amide bonds. The summed E-state index contributed by atoms with van der Waals surface area (Å²) < 4.78 is 0. The van der Waals surface area contributed by atoms with E-state index in [0.29, 0.717) is 12.2 Å². The van der Waals surface area contributed by atoms with Crippen molar-refractivity contribution in [3.8, 4) is 0 Å². The summed E-state index contributed by atoms with van der Waals surface area (Å²) in [5.41, 5.74) is 0. The highest BCUT2D eigenvalue weighted by atomic mass is 32.2. The van der Waals surface area contributed by atoms with Gasteiger partial charge in [0.2, 0.25) is 0 Å². The van der Waals surface area contributed by atoms with Gasteiger partial charge in [-0.25, -0.2) is 0 Å². The Hall–Kier alpha value is -0.220. The van der Waals surface area contributed by atoms with Crippen LogP contribution in [-0.4, -0.2) is 33.3 Å². The molecule has 0 aromatic heterocycles. The van der Waals surface area contributed by atoms with Crippen molar-refractivity contribution in [3.05, 3.63) is 0 Å². The van der Waals surface area contributed by atoms with Crippen molar-refractivity contribution in [2.24, 2.45) is 5.92 Å². The molecule has 4 heteroatoms. The fourth-order valence-corrected chi connectivity index (χ4v) is 2.07. The summed E-state index contributed by atoms with van der Waals surface area (Å²) >= 11 is 1.32. The molecule has 2 unspecified atom stereocenters. The van der Waals surface area contributed by atoms with Gasteiger partial charge in [0.1, 0.15) is 5.25 Å². The number of aliphatic hydroxyl groups excluding tert-OH is 1. The first-order valence-corrected chi connectivity index (χ1v) is 5.56. The normalized spacial score (nSPS) is 15.8. The molecule has 0 fully saturated rings. The highest BCUT2D eigenvalue weighted by Gasteiger charge is 2.22. The monoisotopic (exact) mass is 206 g/mol. The van der Waals surface area contributed by atoms with Crippen LogP contribution in [0.1, 0.15) is 27.2 Å². The number of aliphatic carboxylic acids is 1. The van der Waals surface area contributed by atoms with Gasteiger partial charge in [-0.15, -0.1) is 11.8 Å². The molecule has 0 aromatic carbocycles. The summed E-state index contributed by atoms with van der Waals surface area (Å²) in [4.78, 5) is 10.7. The minimum atomic E-state index is -0.789. The van der Waals surface area contributed by atoms with Crippen LogP contribution < -0.4 is 0 Å². The average molecular weight is 206 g/mol. The van der Waals surface area contributed by atoms with E-state index in [0.717, 1.165) is 0 Å². The Kier molecular flexibility index (Phi) is 6.16. The summed E-state index contributed by atoms with van der Waals surface area (Å²) in [5.74, 6) is -0.180. The average Bonchev–Trinajstić information content (AvgIpc) is 2.03. The van der Waals surface area contributed by atoms with Crippen molar-refractivity contribution in [2.45, 2.75) is 38.5 Å². The van der Waals surface area contributed by atoms with Crippen molar-refractivity contribution in [2.75, 3.05) is 5.75 Å². The lowest BCUT2D eigenvalue weighted by atomic mass is 10.1. The van der Waals surface area contributed by atoms with Gasteiger partial charge < -0.3 is 10.2 Å². The minimum Gasteiger partial charge on any atom is -0.480 e. The fourth-order valence-electron chi connectivity index (χ4n) is 0.881. The molecule has 0 saturated heterocycles. The second-order valence-electron chi connectivity index (χ2n) is 3.40. The Morgan fingerprint density at radius 1 is 1.46 bits per heavy atom. The van der Waals surface area contributed by atoms with Gasteiger partial charge in [0, 0.05) is 5.75 Å². The van der Waals surface area contributed by atoms with E-state index in [9.17, 15) is 9.90 Å². The maximum Gasteiger partial charge on any atom is 0.316 e. The van der Waals surface area contributed by atoms with Gasteiger partial charge in [0.25, 0.3) is 0 Å². The topological polar surface area (TPSA) is 57.5 Å². The predicted molar refractivity (Wildman–Crippen MR) is 55.0 cm³/mol. The van der Waals surface area contributed by atoms with Gasteiger partial charge in [-0.05, 0) is 12.3 Å². The minimum absolute atomic E-state index is 0.103. The van der Waals surface area contributed by atoms with Gasteiger partial charge in [0.05, 0.1) is 6.10 Å². The smallest absolute Gasteiger partial charge is 0.316 e. The molecular weight excluding hydrogens is 188 g/mol. The van der Waals surface area contributed by atoms with Crippen LogP contribution in [0, 0.1) is 5.92 Å². The van der Waals surface area contributed by atoms with Crippen LogP contribution in [0.25, 0.3) is 0 Å². The van der Waals surface area contributed by atoms with Crippen molar-refractivity contribution < 1.29 is 15.0 Å². The first kappa shape index (κ1) is 12.8. The number of hydrogen-bond acceptors (Lipinski definition) is 3. The number of rotatable bonds is 6. The zero-order valence-electron chi connectivity index (χ0n) is 8.36. The third-order valence-corrected chi connectivity index (χ3v) is 3.47. The first-order valence-electron chi connectivity index (χ1n) is 4.51. The molecule has 0 aliphatic rings. The van der Waals surface area contributed by atoms with Crippen molar-refractivity contribution >= 4 is 17.7 Å². The van der Waals surface area contributed by atoms with Crippen molar-refractivity contribution in [1.82, 2.24) is 0 Å². The SMILES string of the molecule is CCC(O)CSC(C(=O)O)C(C)C. The van der Waals surface area contributed by atoms with E-state index in [1.165, 1.54) is 11.8 Å². The van der Waals surface area contributed by atoms with Gasteiger partial charge in [0.15, 0.2) is 0 Å². The van der Waals surface area contributed by atoms with Gasteiger partial charge >= 0.3 is 5.97 Å². The number of carboxylic acid groups (broad SMARTS) is 1. The maximum absolute atomic E-state index is 10.7. The molecule has 0 saturated carbocycles. The predicted octanol–water partition coefficient (Wildman–Crippen LogP) is 1.60. The third kappa shape index (κ3) is 5.16. The van der Waals surface area contributed by atoms with Crippen LogP contribution in [-0.2, 0) is 4.79 Å². The first-order chi connectivity index (χ1) is 5.99. The largest absolute Gasteiger partial charge is 0.480 e. The number of hydrogen-bond donors (Lipinski definition) is 2. The molecule has 78 valence electrons. The molecule has 0 aliphatic carbocycles. The lowest BCUT2D eigenvalue weighted by Gasteiger charge is -2.17. The lowest BCUT2D eigenvalue weighted by Crippen LogP contribution is -2.25. The summed E-state index contributed by atoms with van der Waals surface area (Å²) in [5, 5.41) is 17.7. The summed E-state index contributed by atoms with van der Waals surface area (Å²) in [7, 11) is 0. The van der Waals surface area contributed by atoms with Crippen molar-refractivity contribution in [3.63, 3.8) is 0 Å². The van der Waals surface area contributed by atoms with Crippen LogP contribution in [0.15, 0.2) is 0 Å². The van der Waals surface area contributed by atoms with E-state index in [1.807, 2.05) is 20.8 Å². The second kappa shape index (κ2) is 6.27. The molecule has 0 spiro atoms. The van der Waals surface area contributed by atoms with E-state index >= 15 is 0 Å². The highest BCUT2D eigenvalue weighted by molar-refractivity contribution is 8.00. The molecule has 2 N–H and O–H groups in total. The molecule has 2 atom stereocenters. The molecule has 0 aromatic rings. The van der Waals surface area contributed by atoms with Crippen molar-refractivity contribution in [1.29, 1.82) is 0 Å². The molecule has 0 radical (unpaired) electrons. The van der Waals surface area contributed by atoms with E-state index in [2.05, 4.69) is 0 Å². The summed E-state index contributed by atoms with van der Waals surface area (Å²) in [6.45, 7) is 5.64. The maximum atomic E-state index is 10.7. The second-order valence-corrected chi connectivity index (χ2v) is 4.57. The fraction of sp³-hybridized carbons (Fsp3) is 0.889. The zero-order valence-corrected chi connectivity index (χ0v) is 9.17. The molecule has 0 rings (SSSR count). The Labute approximate surface area is 83.5 Å². The van der Waals surface area contributed by atoms with E-state index in [4.69, 9.17) is 5.11 Å². The van der Waals surface area contributed by atoms with Gasteiger partial charge in [-0.2, -0.15) is 0 Å². The van der Waals surface area contributed by atoms with E-state index in [1.54, 1.807) is 0 Å². The molecule has 13 heavy (non-hydrogen) atoms. The quantitative estimate of drug-likeness (QED) is 0.693. The summed E-state index contributed by atoms with van der Waals surface area (Å²) in [6, 6.07) is 0. The van der Waals surface area contributed by atoms with Gasteiger partial charge in [-0.1, -0.05) is 20.8 Å². The summed E-state index contributed by atoms with van der Waals surface area (Å²) in [6.07, 6.45) is 0.294. The van der Waals surface area contributed by atoms with Crippen LogP contribution in [0.4, 0.5) is 0 Å². The molecule has 0 bridgehead atoms. The molecule has 0 heterocycles. The Balaban J connectivity index is 3.90. The number of carbonyl (C=O) groups is 1. The number of aliphatic hydroxyl groups is 1. The standard InChI is InChI=1S/C9H18O3S/c1-4-7(10)5-13-8(6(2)3)9(11)12/h6-8,10H,4-5H2,1-3H3,(H,11,12). The van der Waals surface area contributed by atoms with E-state index in [-0.39, 0.29) is 12.0 Å². The van der Waals surface area contributed by atoms with Crippen LogP contribution in [0.5, 0.6) is 0 Å². The third-order valence-electron chi connectivity index (χ3n) is 1.79. The van der Waals surface area contributed by atoms with Crippen LogP contribution >= 0.6 is 11.8 Å².